The molecule has 1 rings (SSSR count). The molecule has 0 aliphatic heterocycles. The zero-order valence-corrected chi connectivity index (χ0v) is 9.34. The third kappa shape index (κ3) is 3.95. The van der Waals surface area contributed by atoms with Crippen LogP contribution < -0.4 is 0 Å². The smallest absolute Gasteiger partial charge is 0.0256 e. The van der Waals surface area contributed by atoms with Gasteiger partial charge in [0.15, 0.2) is 0 Å². The van der Waals surface area contributed by atoms with Gasteiger partial charge in [0.25, 0.3) is 0 Å². The van der Waals surface area contributed by atoms with Crippen molar-refractivity contribution in [2.75, 3.05) is 0 Å². The van der Waals surface area contributed by atoms with E-state index in [0.29, 0.717) is 0 Å². The van der Waals surface area contributed by atoms with Crippen molar-refractivity contribution < 1.29 is 0 Å². The van der Waals surface area contributed by atoms with Gasteiger partial charge >= 0.3 is 0 Å². The molecule has 14 heavy (non-hydrogen) atoms. The second-order valence-corrected chi connectivity index (χ2v) is 4.58. The van der Waals surface area contributed by atoms with Crippen molar-refractivity contribution in [1.82, 2.24) is 0 Å². The first kappa shape index (κ1) is 11.3. The molecule has 78 valence electrons. The van der Waals surface area contributed by atoms with E-state index in [2.05, 4.69) is 26.2 Å². The molecule has 0 nitrogen and oxygen atoms in total. The molecule has 0 aromatic rings. The summed E-state index contributed by atoms with van der Waals surface area (Å²) >= 11 is 0. The van der Waals surface area contributed by atoms with Crippen molar-refractivity contribution in [2.45, 2.75) is 39.0 Å². The van der Waals surface area contributed by atoms with E-state index in [1.807, 2.05) is 12.2 Å². The fourth-order valence-electron chi connectivity index (χ4n) is 2.18. The van der Waals surface area contributed by atoms with Crippen LogP contribution >= 0.6 is 0 Å². The van der Waals surface area contributed by atoms with E-state index in [0.717, 1.165) is 11.8 Å². The van der Waals surface area contributed by atoms with Crippen LogP contribution in [-0.2, 0) is 0 Å². The van der Waals surface area contributed by atoms with Gasteiger partial charge < -0.3 is 0 Å². The largest absolute Gasteiger partial charge is 0.0991 e. The first-order valence-electron chi connectivity index (χ1n) is 5.69. The maximum atomic E-state index is 4.07. The second-order valence-electron chi connectivity index (χ2n) is 4.58. The summed E-state index contributed by atoms with van der Waals surface area (Å²) in [5.74, 6) is 1.83. The Hall–Kier alpha value is -0.780. The quantitative estimate of drug-likeness (QED) is 0.572. The minimum atomic E-state index is 0.883. The fourth-order valence-corrected chi connectivity index (χ4v) is 2.18. The summed E-state index contributed by atoms with van der Waals surface area (Å²) in [4.78, 5) is 0. The zero-order valence-electron chi connectivity index (χ0n) is 9.34. The van der Waals surface area contributed by atoms with Gasteiger partial charge in [-0.2, -0.15) is 0 Å². The van der Waals surface area contributed by atoms with Gasteiger partial charge in [-0.05, 0) is 31.1 Å². The molecule has 1 aliphatic carbocycles. The molecule has 0 aromatic carbocycles. The van der Waals surface area contributed by atoms with E-state index in [1.54, 1.807) is 0 Å². The molecule has 0 atom stereocenters. The molecule has 1 saturated carbocycles. The average molecular weight is 190 g/mol. The lowest BCUT2D eigenvalue weighted by Gasteiger charge is -2.26. The molecule has 0 heteroatoms. The molecule has 0 radical (unpaired) electrons. The Bertz CT molecular complexity index is 214. The number of allylic oxidation sites excluding steroid dienone is 4. The second kappa shape index (κ2) is 5.85. The lowest BCUT2D eigenvalue weighted by Crippen LogP contribution is -2.12. The molecule has 0 amide bonds. The molecular formula is C14H22. The third-order valence-corrected chi connectivity index (χ3v) is 3.15. The van der Waals surface area contributed by atoms with Crippen LogP contribution in [0.5, 0.6) is 0 Å². The van der Waals surface area contributed by atoms with Crippen LogP contribution in [0.4, 0.5) is 0 Å². The molecule has 0 bridgehead atoms. The minimum Gasteiger partial charge on any atom is -0.0991 e. The van der Waals surface area contributed by atoms with E-state index < -0.39 is 0 Å². The van der Waals surface area contributed by atoms with E-state index in [-0.39, 0.29) is 0 Å². The summed E-state index contributed by atoms with van der Waals surface area (Å²) in [6.45, 7) is 10.1. The highest BCUT2D eigenvalue weighted by molar-refractivity contribution is 5.18. The Morgan fingerprint density at radius 2 is 1.93 bits per heavy atom. The van der Waals surface area contributed by atoms with Crippen molar-refractivity contribution >= 4 is 0 Å². The molecule has 0 heterocycles. The molecule has 0 N–H and O–H groups in total. The van der Waals surface area contributed by atoms with Crippen LogP contribution in [0.2, 0.25) is 0 Å². The van der Waals surface area contributed by atoms with Gasteiger partial charge in [0, 0.05) is 0 Å². The van der Waals surface area contributed by atoms with Gasteiger partial charge in [-0.25, -0.2) is 0 Å². The molecule has 1 fully saturated rings. The lowest BCUT2D eigenvalue weighted by molar-refractivity contribution is 0.290. The highest BCUT2D eigenvalue weighted by Gasteiger charge is 2.17. The summed E-state index contributed by atoms with van der Waals surface area (Å²) in [7, 11) is 0. The predicted molar refractivity (Wildman–Crippen MR) is 64.2 cm³/mol. The molecule has 0 unspecified atom stereocenters. The Balaban J connectivity index is 2.27. The highest BCUT2D eigenvalue weighted by Crippen LogP contribution is 2.32. The maximum absolute atomic E-state index is 4.07. The van der Waals surface area contributed by atoms with Crippen molar-refractivity contribution in [2.24, 2.45) is 11.8 Å². The minimum absolute atomic E-state index is 0.883. The van der Waals surface area contributed by atoms with Crippen LogP contribution in [0.3, 0.4) is 0 Å². The van der Waals surface area contributed by atoms with Crippen molar-refractivity contribution in [3.63, 3.8) is 0 Å². The monoisotopic (exact) mass is 190 g/mol. The van der Waals surface area contributed by atoms with Crippen LogP contribution in [-0.4, -0.2) is 0 Å². The first-order chi connectivity index (χ1) is 6.72. The summed E-state index contributed by atoms with van der Waals surface area (Å²) in [6.07, 6.45) is 12.7. The fraction of sp³-hybridized carbons (Fsp3) is 0.571. The number of hydrogen-bond acceptors (Lipinski definition) is 0. The van der Waals surface area contributed by atoms with Crippen LogP contribution in [0, 0.1) is 11.8 Å². The van der Waals surface area contributed by atoms with Crippen molar-refractivity contribution in [1.29, 1.82) is 0 Å². The van der Waals surface area contributed by atoms with E-state index >= 15 is 0 Å². The van der Waals surface area contributed by atoms with E-state index in [4.69, 9.17) is 0 Å². The summed E-state index contributed by atoms with van der Waals surface area (Å²) in [5, 5.41) is 0. The lowest BCUT2D eigenvalue weighted by atomic mass is 9.80. The van der Waals surface area contributed by atoms with Gasteiger partial charge in [-0.3, -0.25) is 0 Å². The van der Waals surface area contributed by atoms with E-state index in [9.17, 15) is 0 Å². The molecular weight excluding hydrogens is 168 g/mol. The molecule has 1 aliphatic rings. The van der Waals surface area contributed by atoms with E-state index in [1.165, 1.54) is 37.7 Å². The number of hydrogen-bond donors (Lipinski definition) is 0. The molecule has 0 saturated heterocycles. The Morgan fingerprint density at radius 3 is 2.50 bits per heavy atom. The Kier molecular flexibility index (Phi) is 4.72. The summed E-state index contributed by atoms with van der Waals surface area (Å²) in [6, 6.07) is 0. The zero-order chi connectivity index (χ0) is 10.4. The van der Waals surface area contributed by atoms with Crippen molar-refractivity contribution in [3.8, 4) is 0 Å². The SMILES string of the molecule is C=C/C=C\C(=C)CC1CCC(C)CC1. The number of rotatable bonds is 4. The topological polar surface area (TPSA) is 0 Å². The normalized spacial score (nSPS) is 27.8. The van der Waals surface area contributed by atoms with Gasteiger partial charge in [-0.15, -0.1) is 0 Å². The van der Waals surface area contributed by atoms with Crippen LogP contribution in [0.15, 0.2) is 37.0 Å². The van der Waals surface area contributed by atoms with Gasteiger partial charge in [-0.1, -0.05) is 56.7 Å². The first-order valence-corrected chi connectivity index (χ1v) is 5.69. The van der Waals surface area contributed by atoms with Gasteiger partial charge in [0.05, 0.1) is 0 Å². The van der Waals surface area contributed by atoms with Gasteiger partial charge in [0.2, 0.25) is 0 Å². The highest BCUT2D eigenvalue weighted by atomic mass is 14.2. The van der Waals surface area contributed by atoms with Gasteiger partial charge in [0.1, 0.15) is 0 Å². The summed E-state index contributed by atoms with van der Waals surface area (Å²) < 4.78 is 0. The predicted octanol–water partition coefficient (Wildman–Crippen LogP) is 4.50. The summed E-state index contributed by atoms with van der Waals surface area (Å²) in [5.41, 5.74) is 1.25. The average Bonchev–Trinajstić information content (AvgIpc) is 2.18. The van der Waals surface area contributed by atoms with Crippen molar-refractivity contribution in [3.05, 3.63) is 37.0 Å². The Labute approximate surface area is 88.4 Å². The molecule has 0 aromatic heterocycles. The standard InChI is InChI=1S/C14H22/c1-4-5-6-13(3)11-14-9-7-12(2)8-10-14/h4-6,12,14H,1,3,7-11H2,2H3/b6-5-. The maximum Gasteiger partial charge on any atom is -0.0256 e. The molecule has 0 spiro atoms. The van der Waals surface area contributed by atoms with Crippen LogP contribution in [0.1, 0.15) is 39.0 Å². The van der Waals surface area contributed by atoms with Crippen LogP contribution in [0.25, 0.3) is 0 Å². The third-order valence-electron chi connectivity index (χ3n) is 3.15. The Morgan fingerprint density at radius 1 is 1.29 bits per heavy atom.